The molecule has 0 aromatic rings. The van der Waals surface area contributed by atoms with E-state index < -0.39 is 6.10 Å². The number of ether oxygens (including phenoxy) is 1. The molecule has 4 unspecified atom stereocenters. The third kappa shape index (κ3) is 2.02. The van der Waals surface area contributed by atoms with Gasteiger partial charge in [0.25, 0.3) is 0 Å². The van der Waals surface area contributed by atoms with Gasteiger partial charge in [0.15, 0.2) is 0 Å². The van der Waals surface area contributed by atoms with Gasteiger partial charge in [-0.3, -0.25) is 0 Å². The van der Waals surface area contributed by atoms with Crippen LogP contribution in [0, 0.1) is 0 Å². The second-order valence-electron chi connectivity index (χ2n) is 3.98. The Bertz CT molecular complexity index is 158. The first-order chi connectivity index (χ1) is 6.27. The van der Waals surface area contributed by atoms with Gasteiger partial charge in [0.05, 0.1) is 31.5 Å². The van der Waals surface area contributed by atoms with Crippen molar-refractivity contribution in [2.45, 2.75) is 43.6 Å². The first-order valence-electron chi connectivity index (χ1n) is 4.97. The van der Waals surface area contributed by atoms with Gasteiger partial charge in [-0.15, -0.1) is 0 Å². The first-order valence-corrected chi connectivity index (χ1v) is 4.97. The maximum absolute atomic E-state index is 9.55. The molecule has 3 N–H and O–H groups in total. The standard InChI is InChI=1S/C9H17NO3/c11-8-3-1-2-6(8)10-7-4-13-5-9(7)12/h6-12H,1-5H2. The van der Waals surface area contributed by atoms with Crippen LogP contribution in [-0.2, 0) is 4.74 Å². The fraction of sp³-hybridized carbons (Fsp3) is 1.00. The summed E-state index contributed by atoms with van der Waals surface area (Å²) in [5.74, 6) is 0. The van der Waals surface area contributed by atoms with E-state index in [0.29, 0.717) is 13.2 Å². The predicted octanol–water partition coefficient (Wildman–Crippen LogP) is -0.751. The molecule has 0 spiro atoms. The van der Waals surface area contributed by atoms with Gasteiger partial charge in [-0.1, -0.05) is 0 Å². The lowest BCUT2D eigenvalue weighted by molar-refractivity contribution is 0.109. The molecule has 1 aliphatic heterocycles. The summed E-state index contributed by atoms with van der Waals surface area (Å²) in [5.41, 5.74) is 0. The molecule has 2 aliphatic rings. The predicted molar refractivity (Wildman–Crippen MR) is 47.4 cm³/mol. The molecule has 13 heavy (non-hydrogen) atoms. The Morgan fingerprint density at radius 1 is 1.00 bits per heavy atom. The number of nitrogens with one attached hydrogen (secondary N) is 1. The van der Waals surface area contributed by atoms with Crippen LogP contribution in [0.25, 0.3) is 0 Å². The summed E-state index contributed by atoms with van der Waals surface area (Å²) in [6.45, 7) is 0.977. The third-order valence-electron chi connectivity index (χ3n) is 2.96. The Balaban J connectivity index is 1.82. The van der Waals surface area contributed by atoms with Crippen LogP contribution in [-0.4, -0.2) is 47.7 Å². The van der Waals surface area contributed by atoms with Crippen molar-refractivity contribution in [1.82, 2.24) is 5.32 Å². The molecular weight excluding hydrogens is 170 g/mol. The molecular formula is C9H17NO3. The first kappa shape index (κ1) is 9.40. The minimum atomic E-state index is -0.409. The third-order valence-corrected chi connectivity index (χ3v) is 2.96. The topological polar surface area (TPSA) is 61.7 Å². The molecule has 0 bridgehead atoms. The lowest BCUT2D eigenvalue weighted by Gasteiger charge is -2.22. The smallest absolute Gasteiger partial charge is 0.0948 e. The van der Waals surface area contributed by atoms with E-state index >= 15 is 0 Å². The minimum absolute atomic E-state index is 0.0118. The summed E-state index contributed by atoms with van der Waals surface area (Å²) >= 11 is 0. The van der Waals surface area contributed by atoms with Crippen LogP contribution in [0.2, 0.25) is 0 Å². The van der Waals surface area contributed by atoms with E-state index in [1.54, 1.807) is 0 Å². The number of hydrogen-bond acceptors (Lipinski definition) is 4. The zero-order chi connectivity index (χ0) is 9.26. The Morgan fingerprint density at radius 3 is 2.38 bits per heavy atom. The maximum atomic E-state index is 9.55. The van der Waals surface area contributed by atoms with Crippen molar-refractivity contribution in [3.05, 3.63) is 0 Å². The van der Waals surface area contributed by atoms with Gasteiger partial charge in [-0.25, -0.2) is 0 Å². The average Bonchev–Trinajstić information content (AvgIpc) is 2.65. The van der Waals surface area contributed by atoms with Crippen LogP contribution in [0.15, 0.2) is 0 Å². The molecule has 1 saturated carbocycles. The lowest BCUT2D eigenvalue weighted by atomic mass is 10.1. The van der Waals surface area contributed by atoms with Crippen molar-refractivity contribution in [2.75, 3.05) is 13.2 Å². The van der Waals surface area contributed by atoms with Gasteiger partial charge < -0.3 is 20.3 Å². The molecule has 0 radical (unpaired) electrons. The summed E-state index contributed by atoms with van der Waals surface area (Å²) in [7, 11) is 0. The summed E-state index contributed by atoms with van der Waals surface area (Å²) in [4.78, 5) is 0. The fourth-order valence-corrected chi connectivity index (χ4v) is 2.11. The molecule has 0 aromatic carbocycles. The molecule has 0 aromatic heterocycles. The highest BCUT2D eigenvalue weighted by molar-refractivity contribution is 4.89. The van der Waals surface area contributed by atoms with E-state index in [0.717, 1.165) is 19.3 Å². The number of hydrogen-bond donors (Lipinski definition) is 3. The quantitative estimate of drug-likeness (QED) is 0.532. The molecule has 1 saturated heterocycles. The van der Waals surface area contributed by atoms with Gasteiger partial charge >= 0.3 is 0 Å². The zero-order valence-electron chi connectivity index (χ0n) is 7.65. The highest BCUT2D eigenvalue weighted by Crippen LogP contribution is 2.20. The van der Waals surface area contributed by atoms with E-state index in [9.17, 15) is 10.2 Å². The van der Waals surface area contributed by atoms with Crippen LogP contribution >= 0.6 is 0 Å². The molecule has 1 aliphatic carbocycles. The second-order valence-corrected chi connectivity index (χ2v) is 3.98. The average molecular weight is 187 g/mol. The lowest BCUT2D eigenvalue weighted by Crippen LogP contribution is -2.47. The van der Waals surface area contributed by atoms with Crippen LogP contribution in [0.5, 0.6) is 0 Å². The zero-order valence-corrected chi connectivity index (χ0v) is 7.65. The van der Waals surface area contributed by atoms with E-state index in [1.807, 2.05) is 0 Å². The van der Waals surface area contributed by atoms with Gasteiger partial charge in [0, 0.05) is 6.04 Å². The Hall–Kier alpha value is -0.160. The van der Waals surface area contributed by atoms with Crippen molar-refractivity contribution in [1.29, 1.82) is 0 Å². The van der Waals surface area contributed by atoms with E-state index in [-0.39, 0.29) is 18.2 Å². The monoisotopic (exact) mass is 187 g/mol. The van der Waals surface area contributed by atoms with Crippen molar-refractivity contribution in [2.24, 2.45) is 0 Å². The highest BCUT2D eigenvalue weighted by Gasteiger charge is 2.32. The summed E-state index contributed by atoms with van der Waals surface area (Å²) < 4.78 is 5.12. The summed E-state index contributed by atoms with van der Waals surface area (Å²) in [6, 6.07) is 0.166. The molecule has 76 valence electrons. The fourth-order valence-electron chi connectivity index (χ4n) is 2.11. The van der Waals surface area contributed by atoms with Crippen molar-refractivity contribution < 1.29 is 14.9 Å². The normalized spacial score (nSPS) is 45.7. The molecule has 0 amide bonds. The molecule has 4 nitrogen and oxygen atoms in total. The molecule has 4 atom stereocenters. The second kappa shape index (κ2) is 3.92. The number of aliphatic hydroxyl groups is 2. The van der Waals surface area contributed by atoms with Crippen LogP contribution in [0.1, 0.15) is 19.3 Å². The van der Waals surface area contributed by atoms with E-state index in [1.165, 1.54) is 0 Å². The molecule has 2 rings (SSSR count). The number of aliphatic hydroxyl groups excluding tert-OH is 2. The van der Waals surface area contributed by atoms with E-state index in [4.69, 9.17) is 4.74 Å². The van der Waals surface area contributed by atoms with Gasteiger partial charge in [0.2, 0.25) is 0 Å². The van der Waals surface area contributed by atoms with Crippen LogP contribution < -0.4 is 5.32 Å². The summed E-state index contributed by atoms with van der Waals surface area (Å²) in [5, 5.41) is 22.3. The highest BCUT2D eigenvalue weighted by atomic mass is 16.5. The minimum Gasteiger partial charge on any atom is -0.392 e. The van der Waals surface area contributed by atoms with Crippen LogP contribution in [0.3, 0.4) is 0 Å². The van der Waals surface area contributed by atoms with Crippen molar-refractivity contribution in [3.63, 3.8) is 0 Å². The molecule has 2 fully saturated rings. The molecule has 1 heterocycles. The van der Waals surface area contributed by atoms with Gasteiger partial charge in [-0.05, 0) is 19.3 Å². The Morgan fingerprint density at radius 2 is 1.85 bits per heavy atom. The molecule has 4 heteroatoms. The van der Waals surface area contributed by atoms with Crippen LogP contribution in [0.4, 0.5) is 0 Å². The van der Waals surface area contributed by atoms with Crippen molar-refractivity contribution in [3.8, 4) is 0 Å². The maximum Gasteiger partial charge on any atom is 0.0948 e. The largest absolute Gasteiger partial charge is 0.392 e. The van der Waals surface area contributed by atoms with E-state index in [2.05, 4.69) is 5.32 Å². The summed E-state index contributed by atoms with van der Waals surface area (Å²) in [6.07, 6.45) is 2.30. The van der Waals surface area contributed by atoms with Gasteiger partial charge in [0.1, 0.15) is 0 Å². The van der Waals surface area contributed by atoms with Crippen molar-refractivity contribution >= 4 is 0 Å². The Labute approximate surface area is 77.9 Å². The number of rotatable bonds is 2. The Kier molecular flexibility index (Phi) is 2.83. The van der Waals surface area contributed by atoms with Gasteiger partial charge in [-0.2, -0.15) is 0 Å². The SMILES string of the molecule is OC1CCCC1NC1COCC1O.